The van der Waals surface area contributed by atoms with E-state index in [4.69, 9.17) is 28.9 Å². The molecule has 0 fully saturated rings. The average molecular weight is 1830 g/mol. The first-order valence-corrected chi connectivity index (χ1v) is 53.9. The molecule has 0 saturated carbocycles. The number of hydrogen-bond donors (Lipinski definition) is 0. The number of imidazole rings is 2. The fraction of sp³-hybridized carbons (Fsp3) is 0.375. The van der Waals surface area contributed by atoms with E-state index in [0.717, 1.165) is 132 Å². The Balaban J connectivity index is 0.804. The minimum Gasteiger partial charge on any atom is -0.457 e. The van der Waals surface area contributed by atoms with E-state index in [-0.39, 0.29) is 11.1 Å². The summed E-state index contributed by atoms with van der Waals surface area (Å²) < 4.78 is 35.3. The topological polar surface area (TPSA) is 106 Å². The lowest BCUT2D eigenvalue weighted by molar-refractivity contribution is 0.483. The van der Waals surface area contributed by atoms with Gasteiger partial charge in [-0.3, -0.25) is 18.4 Å². The van der Waals surface area contributed by atoms with Crippen molar-refractivity contribution in [2.45, 2.75) is 310 Å². The first-order chi connectivity index (χ1) is 68.2. The SMILES string of the molecule is CCCCCCCCCCCCc1ccc(Oc2cc3c(=O)n4c5cc6ccc7cccc8ccc(c5nc4c4cc(Oc5ccc(CCCCCCCCCCCC)cc5)c5c9c(Oc%10ccc(CCCCCCCCCCCC)cc%10)cc%10c%11c(cc(Oc%12ccc(CCCCCCCCCCCC)cc%12)c(c2c5c34)c9%11)c(=O)n2c%10nc3cc4ccc5cccc9ccc(c4c59)c32)c6c78)cc1. The second kappa shape index (κ2) is 42.5. The highest BCUT2D eigenvalue weighted by Gasteiger charge is 2.34. The van der Waals surface area contributed by atoms with E-state index >= 15 is 9.59 Å². The number of hydrogen-bond acceptors (Lipinski definition) is 8. The minimum atomic E-state index is -0.233. The van der Waals surface area contributed by atoms with Gasteiger partial charge in [0.1, 0.15) is 57.3 Å². The molecule has 0 aliphatic carbocycles. The van der Waals surface area contributed by atoms with Crippen molar-refractivity contribution in [3.05, 3.63) is 261 Å². The summed E-state index contributed by atoms with van der Waals surface area (Å²) in [5.74, 6) is 4.41. The van der Waals surface area contributed by atoms with Gasteiger partial charge in [0.05, 0.1) is 32.8 Å². The molecule has 21 aromatic rings. The van der Waals surface area contributed by atoms with Crippen LogP contribution in [0.4, 0.5) is 0 Å². The smallest absolute Gasteiger partial charge is 0.264 e. The van der Waals surface area contributed by atoms with Crippen molar-refractivity contribution >= 4 is 163 Å². The molecule has 10 nitrogen and oxygen atoms in total. The fourth-order valence-corrected chi connectivity index (χ4v) is 23.6. The van der Waals surface area contributed by atoms with E-state index in [0.29, 0.717) is 122 Å². The normalized spacial score (nSPS) is 12.4. The third-order valence-corrected chi connectivity index (χ3v) is 30.9. The highest BCUT2D eigenvalue weighted by Crippen LogP contribution is 2.59. The van der Waals surface area contributed by atoms with Gasteiger partial charge in [-0.2, -0.15) is 0 Å². The summed E-state index contributed by atoms with van der Waals surface area (Å²) in [6.45, 7) is 9.17. The number of rotatable bonds is 52. The van der Waals surface area contributed by atoms with Crippen LogP contribution in [-0.4, -0.2) is 18.8 Å². The van der Waals surface area contributed by atoms with Gasteiger partial charge in [-0.25, -0.2) is 9.97 Å². The summed E-state index contributed by atoms with van der Waals surface area (Å²) in [4.78, 5) is 46.2. The summed E-state index contributed by atoms with van der Waals surface area (Å²) in [6, 6.07) is 78.1. The zero-order chi connectivity index (χ0) is 93.4. The Morgan fingerprint density at radius 2 is 0.507 bits per heavy atom. The van der Waals surface area contributed by atoms with Crippen LogP contribution in [0.25, 0.3) is 163 Å². The van der Waals surface area contributed by atoms with Crippen molar-refractivity contribution in [1.29, 1.82) is 0 Å². The molecule has 17 aromatic carbocycles. The maximum atomic E-state index is 17.4. The van der Waals surface area contributed by atoms with Crippen molar-refractivity contribution in [1.82, 2.24) is 18.8 Å². The molecule has 704 valence electrons. The standard InChI is InChI=1S/C128H136N4O6/c1-5-9-13-17-21-25-29-33-37-41-47-85-55-69-95(70-56-85)135-107-81-101-115-104(128(134)132-124-100-78-68-92-54-46-52-90-63-65-93(114(100)112(90)92)79-105(124)129-125(101)132)84-110(138-98-75-61-88(62-76-98)50-44-40-36-32-28-24-20-16-12-8-4)120-119-109(137-97-73-59-87(60-74-97)49-43-39-35-31-27-23-19-15-11-7-3)83-103-116-102(126-130-123-99-77-67-91-53-45-51-89-64-66-94(113(99)111(89)91)80-106(123)131(126)127(103)133)82-108(118(122(116)119)117(107)121(115)120)136-96-71-57-86(58-72-96)48-42-38-34-30-26-22-18-14-10-6-2/h45-46,51-84H,5-44,47-50H2,1-4H3. The first-order valence-electron chi connectivity index (χ1n) is 53.9. The lowest BCUT2D eigenvalue weighted by atomic mass is 9.84. The van der Waals surface area contributed by atoms with Crippen LogP contribution >= 0.6 is 0 Å². The molecule has 4 aromatic heterocycles. The van der Waals surface area contributed by atoms with Gasteiger partial charge in [-0.05, 0) is 212 Å². The van der Waals surface area contributed by atoms with Crippen LogP contribution in [0, 0.1) is 0 Å². The monoisotopic (exact) mass is 1830 g/mol. The summed E-state index contributed by atoms with van der Waals surface area (Å²) in [7, 11) is 0. The summed E-state index contributed by atoms with van der Waals surface area (Å²) in [6.07, 6.45) is 54.8. The molecule has 0 bridgehead atoms. The van der Waals surface area contributed by atoms with Crippen LogP contribution in [-0.2, 0) is 25.7 Å². The highest BCUT2D eigenvalue weighted by molar-refractivity contribution is 6.45. The Bertz CT molecular complexity index is 7740. The molecule has 0 radical (unpaired) electrons. The average Bonchev–Trinajstić information content (AvgIpc) is 1.19. The van der Waals surface area contributed by atoms with Gasteiger partial charge in [0.15, 0.2) is 0 Å². The van der Waals surface area contributed by atoms with Crippen LogP contribution in [0.15, 0.2) is 228 Å². The van der Waals surface area contributed by atoms with Gasteiger partial charge in [0.2, 0.25) is 0 Å². The van der Waals surface area contributed by atoms with Crippen molar-refractivity contribution in [2.75, 3.05) is 0 Å². The second-order valence-corrected chi connectivity index (χ2v) is 40.8. The van der Waals surface area contributed by atoms with Crippen molar-refractivity contribution in [3.8, 4) is 46.0 Å². The number of aryl methyl sites for hydroxylation is 4. The zero-order valence-electron chi connectivity index (χ0n) is 82.1. The van der Waals surface area contributed by atoms with Gasteiger partial charge in [-0.1, -0.05) is 392 Å². The summed E-state index contributed by atoms with van der Waals surface area (Å²) >= 11 is 0. The minimum absolute atomic E-state index is 0.231. The first kappa shape index (κ1) is 92.0. The number of benzene rings is 17. The Morgan fingerprint density at radius 3 is 0.855 bits per heavy atom. The number of aromatic nitrogens is 4. The predicted molar refractivity (Wildman–Crippen MR) is 586 cm³/mol. The van der Waals surface area contributed by atoms with E-state index in [1.54, 1.807) is 0 Å². The maximum absolute atomic E-state index is 17.4. The van der Waals surface area contributed by atoms with Crippen LogP contribution < -0.4 is 30.1 Å². The molecule has 0 atom stereocenters. The van der Waals surface area contributed by atoms with Crippen molar-refractivity contribution in [3.63, 3.8) is 0 Å². The van der Waals surface area contributed by atoms with Crippen LogP contribution in [0.1, 0.15) is 307 Å². The van der Waals surface area contributed by atoms with Gasteiger partial charge >= 0.3 is 0 Å². The third kappa shape index (κ3) is 18.7. The molecule has 21 rings (SSSR count). The Hall–Kier alpha value is -12.4. The summed E-state index contributed by atoms with van der Waals surface area (Å²) in [5.41, 5.74) is 8.45. The van der Waals surface area contributed by atoms with Crippen molar-refractivity contribution < 1.29 is 18.9 Å². The molecule has 138 heavy (non-hydrogen) atoms. The predicted octanol–water partition coefficient (Wildman–Crippen LogP) is 38.1. The van der Waals surface area contributed by atoms with E-state index in [1.807, 2.05) is 20.9 Å². The molecule has 4 heterocycles. The van der Waals surface area contributed by atoms with Gasteiger partial charge in [0, 0.05) is 64.6 Å². The largest absolute Gasteiger partial charge is 0.457 e. The Morgan fingerprint density at radius 1 is 0.225 bits per heavy atom. The number of fused-ring (bicyclic) bond motifs is 12. The quantitative estimate of drug-likeness (QED) is 0.0211. The number of ether oxygens (including phenoxy) is 4. The second-order valence-electron chi connectivity index (χ2n) is 40.8. The maximum Gasteiger partial charge on any atom is 0.264 e. The molecule has 0 aliphatic rings. The zero-order valence-corrected chi connectivity index (χ0v) is 82.1. The molecular formula is C128H136N4O6. The van der Waals surface area contributed by atoms with Crippen LogP contribution in [0.2, 0.25) is 0 Å². The Labute approximate surface area is 812 Å². The molecule has 10 heteroatoms. The molecule has 0 amide bonds. The number of unbranched alkanes of at least 4 members (excludes halogenated alkanes) is 36. The van der Waals surface area contributed by atoms with E-state index < -0.39 is 0 Å². The van der Waals surface area contributed by atoms with Gasteiger partial charge in [-0.15, -0.1) is 0 Å². The van der Waals surface area contributed by atoms with Crippen molar-refractivity contribution in [2.24, 2.45) is 0 Å². The molecular weight excluding hydrogens is 1690 g/mol. The summed E-state index contributed by atoms with van der Waals surface area (Å²) in [5, 5.41) is 21.0. The molecule has 0 N–H and O–H groups in total. The third-order valence-electron chi connectivity index (χ3n) is 30.9. The van der Waals surface area contributed by atoms with E-state index in [1.165, 1.54) is 259 Å². The fourth-order valence-electron chi connectivity index (χ4n) is 23.6. The van der Waals surface area contributed by atoms with Crippen LogP contribution in [0.3, 0.4) is 0 Å². The molecule has 0 saturated heterocycles. The molecule has 0 unspecified atom stereocenters. The number of nitrogens with zero attached hydrogens (tertiary/aromatic N) is 4. The Kier molecular flexibility index (Phi) is 28.3. The van der Waals surface area contributed by atoms with E-state index in [9.17, 15) is 0 Å². The molecule has 0 spiro atoms. The van der Waals surface area contributed by atoms with Gasteiger partial charge in [0.25, 0.3) is 11.1 Å². The lowest BCUT2D eigenvalue weighted by Gasteiger charge is -2.25. The van der Waals surface area contributed by atoms with Crippen LogP contribution in [0.5, 0.6) is 46.0 Å². The van der Waals surface area contributed by atoms with E-state index in [2.05, 4.69) is 234 Å². The molecule has 0 aliphatic heterocycles. The number of pyridine rings is 2. The lowest BCUT2D eigenvalue weighted by Crippen LogP contribution is -2.15. The highest BCUT2D eigenvalue weighted by atomic mass is 16.5. The van der Waals surface area contributed by atoms with Gasteiger partial charge < -0.3 is 18.9 Å².